The highest BCUT2D eigenvalue weighted by atomic mass is 16.5. The van der Waals surface area contributed by atoms with E-state index >= 15 is 0 Å². The fraction of sp³-hybridized carbons (Fsp3) is 0.261. The fourth-order valence-corrected chi connectivity index (χ4v) is 5.02. The number of hydrogen-bond donors (Lipinski definition) is 1. The van der Waals surface area contributed by atoms with Crippen LogP contribution in [0.2, 0.25) is 0 Å². The minimum atomic E-state index is -0.796. The zero-order chi connectivity index (χ0) is 20.5. The number of aryl methyl sites for hydroxylation is 1. The number of benzene rings is 2. The highest BCUT2D eigenvalue weighted by Gasteiger charge is 2.67. The lowest BCUT2D eigenvalue weighted by Gasteiger charge is -2.23. The molecule has 6 rings (SSSR count). The third kappa shape index (κ3) is 2.32. The van der Waals surface area contributed by atoms with Gasteiger partial charge in [-0.3, -0.25) is 14.5 Å². The number of nitrogens with one attached hydrogen (secondary N) is 1. The molecule has 1 aromatic heterocycles. The zero-order valence-electron chi connectivity index (χ0n) is 16.2. The van der Waals surface area contributed by atoms with Gasteiger partial charge in [-0.1, -0.05) is 53.7 Å². The predicted molar refractivity (Wildman–Crippen MR) is 110 cm³/mol. The van der Waals surface area contributed by atoms with Crippen LogP contribution in [-0.4, -0.2) is 35.2 Å². The fourth-order valence-electron chi connectivity index (χ4n) is 5.02. The van der Waals surface area contributed by atoms with Gasteiger partial charge in [-0.15, -0.1) is 0 Å². The van der Waals surface area contributed by atoms with Crippen LogP contribution in [0.4, 0.5) is 11.5 Å². The van der Waals surface area contributed by atoms with Crippen LogP contribution in [0.1, 0.15) is 5.76 Å². The minimum absolute atomic E-state index is 0.159. The number of fused-ring (bicyclic) bond motifs is 2. The first-order valence-corrected chi connectivity index (χ1v) is 9.96. The number of carbonyl (C=O) groups is 2. The van der Waals surface area contributed by atoms with E-state index in [-0.39, 0.29) is 11.8 Å². The van der Waals surface area contributed by atoms with Gasteiger partial charge in [0.05, 0.1) is 24.5 Å². The number of aromatic nitrogens is 1. The Bertz CT molecular complexity index is 1230. The largest absolute Gasteiger partial charge is 0.360 e. The monoisotopic (exact) mass is 401 g/mol. The molecule has 30 heavy (non-hydrogen) atoms. The van der Waals surface area contributed by atoms with Gasteiger partial charge in [0.15, 0.2) is 5.82 Å². The molecule has 4 heterocycles. The summed E-state index contributed by atoms with van der Waals surface area (Å²) in [6, 6.07) is 15.4. The average Bonchev–Trinajstić information content (AvgIpc) is 3.49. The van der Waals surface area contributed by atoms with Gasteiger partial charge in [-0.2, -0.15) is 0 Å². The van der Waals surface area contributed by atoms with Gasteiger partial charge in [0.2, 0.25) is 11.8 Å². The van der Waals surface area contributed by atoms with Gasteiger partial charge >= 0.3 is 0 Å². The second-order valence-corrected chi connectivity index (χ2v) is 8.14. The lowest BCUT2D eigenvalue weighted by Crippen LogP contribution is -2.41. The molecule has 2 amide bonds. The maximum absolute atomic E-state index is 13.4. The van der Waals surface area contributed by atoms with Crippen molar-refractivity contribution in [3.63, 3.8) is 0 Å². The first-order valence-electron chi connectivity index (χ1n) is 9.96. The first kappa shape index (κ1) is 17.4. The topological polar surface area (TPSA) is 84.7 Å². The average molecular weight is 401 g/mol. The molecule has 1 spiro atoms. The van der Waals surface area contributed by atoms with Gasteiger partial charge < -0.3 is 14.6 Å². The molecule has 3 aliphatic heterocycles. The van der Waals surface area contributed by atoms with Crippen molar-refractivity contribution in [3.8, 4) is 0 Å². The minimum Gasteiger partial charge on any atom is -0.360 e. The normalized spacial score (nSPS) is 29.0. The molecule has 3 aliphatic rings. The molecule has 0 radical (unpaired) electrons. The van der Waals surface area contributed by atoms with E-state index in [1.165, 1.54) is 0 Å². The van der Waals surface area contributed by atoms with Crippen LogP contribution in [0.3, 0.4) is 0 Å². The lowest BCUT2D eigenvalue weighted by atomic mass is 9.76. The molecule has 1 N–H and O–H groups in total. The third-order valence-corrected chi connectivity index (χ3v) is 6.34. The van der Waals surface area contributed by atoms with Crippen molar-refractivity contribution < 1.29 is 18.8 Å². The van der Waals surface area contributed by atoms with E-state index < -0.39 is 23.5 Å². The molecule has 150 valence electrons. The maximum atomic E-state index is 13.4. The quantitative estimate of drug-likeness (QED) is 0.682. The van der Waals surface area contributed by atoms with E-state index in [0.717, 1.165) is 16.5 Å². The van der Waals surface area contributed by atoms with E-state index in [2.05, 4.69) is 10.5 Å². The van der Waals surface area contributed by atoms with Crippen molar-refractivity contribution in [1.82, 2.24) is 5.16 Å². The van der Waals surface area contributed by atoms with E-state index in [0.29, 0.717) is 18.1 Å². The van der Waals surface area contributed by atoms with E-state index in [1.807, 2.05) is 54.6 Å². The lowest BCUT2D eigenvalue weighted by molar-refractivity contribution is -0.128. The van der Waals surface area contributed by atoms with E-state index in [4.69, 9.17) is 9.26 Å². The number of rotatable bonds is 3. The molecule has 4 unspecified atom stereocenters. The number of anilines is 2. The number of nitrogens with zero attached hydrogens (tertiary/aromatic N) is 2. The van der Waals surface area contributed by atoms with Gasteiger partial charge in [0.1, 0.15) is 11.4 Å². The van der Waals surface area contributed by atoms with Gasteiger partial charge in [-0.05, 0) is 18.4 Å². The summed E-state index contributed by atoms with van der Waals surface area (Å²) in [5.74, 6) is -0.473. The number of amides is 2. The van der Waals surface area contributed by atoms with E-state index in [9.17, 15) is 9.59 Å². The van der Waals surface area contributed by atoms with E-state index in [1.54, 1.807) is 17.9 Å². The Kier molecular flexibility index (Phi) is 3.50. The van der Waals surface area contributed by atoms with Crippen molar-refractivity contribution in [2.24, 2.45) is 11.8 Å². The summed E-state index contributed by atoms with van der Waals surface area (Å²) >= 11 is 0. The summed E-state index contributed by atoms with van der Waals surface area (Å²) in [5, 5.41) is 9.02. The van der Waals surface area contributed by atoms with Crippen molar-refractivity contribution in [1.29, 1.82) is 0 Å². The molecule has 0 aliphatic carbocycles. The van der Waals surface area contributed by atoms with Crippen LogP contribution in [0, 0.1) is 18.8 Å². The molecule has 4 atom stereocenters. The second kappa shape index (κ2) is 6.03. The Balaban J connectivity index is 1.33. The molecule has 7 heteroatoms. The molecule has 2 bridgehead atoms. The Labute approximate surface area is 172 Å². The smallest absolute Gasteiger partial charge is 0.235 e. The van der Waals surface area contributed by atoms with Crippen LogP contribution >= 0.6 is 0 Å². The maximum Gasteiger partial charge on any atom is 0.235 e. The molecule has 2 saturated heterocycles. The SMILES string of the molecule is Cc1cc(N2CC34C=CC(O3)C(C(=O)Nc3cccc5ccccc35)C4C2=O)no1. The molecule has 3 aromatic rings. The molecule has 2 fully saturated rings. The molecule has 7 nitrogen and oxygen atoms in total. The molecular formula is C23H19N3O4. The van der Waals surface area contributed by atoms with Gasteiger partial charge in [0.25, 0.3) is 0 Å². The van der Waals surface area contributed by atoms with Gasteiger partial charge in [-0.25, -0.2) is 0 Å². The molecular weight excluding hydrogens is 382 g/mol. The predicted octanol–water partition coefficient (Wildman–Crippen LogP) is 3.06. The van der Waals surface area contributed by atoms with Crippen molar-refractivity contribution >= 4 is 34.1 Å². The number of ether oxygens (including phenoxy) is 1. The van der Waals surface area contributed by atoms with Crippen LogP contribution in [-0.2, 0) is 14.3 Å². The number of carbonyl (C=O) groups excluding carboxylic acids is 2. The summed E-state index contributed by atoms with van der Waals surface area (Å²) in [5.41, 5.74) is -0.0663. The Morgan fingerprint density at radius 1 is 1.23 bits per heavy atom. The second-order valence-electron chi connectivity index (χ2n) is 8.14. The highest BCUT2D eigenvalue weighted by molar-refractivity contribution is 6.07. The Hall–Kier alpha value is -3.45. The summed E-state index contributed by atoms with van der Waals surface area (Å²) < 4.78 is 11.3. The molecule has 2 aromatic carbocycles. The summed E-state index contributed by atoms with van der Waals surface area (Å²) in [7, 11) is 0. The Morgan fingerprint density at radius 2 is 2.07 bits per heavy atom. The number of hydrogen-bond acceptors (Lipinski definition) is 5. The van der Waals surface area contributed by atoms with Crippen LogP contribution in [0.5, 0.6) is 0 Å². The van der Waals surface area contributed by atoms with Crippen molar-refractivity contribution in [2.45, 2.75) is 18.6 Å². The standard InChI is InChI=1S/C23H19N3O4/c1-13-11-18(25-30-13)26-12-23-10-9-17(29-23)19(20(23)22(26)28)21(27)24-16-8-4-6-14-5-2-3-7-15(14)16/h2-11,17,19-20H,12H2,1H3,(H,24,27). The zero-order valence-corrected chi connectivity index (χ0v) is 16.2. The summed E-state index contributed by atoms with van der Waals surface area (Å²) in [4.78, 5) is 28.2. The van der Waals surface area contributed by atoms with Crippen molar-refractivity contribution in [3.05, 3.63) is 66.4 Å². The molecule has 0 saturated carbocycles. The Morgan fingerprint density at radius 3 is 2.90 bits per heavy atom. The van der Waals surface area contributed by atoms with Crippen molar-refractivity contribution in [2.75, 3.05) is 16.8 Å². The van der Waals surface area contributed by atoms with Crippen LogP contribution in [0.15, 0.2) is 65.2 Å². The summed E-state index contributed by atoms with van der Waals surface area (Å²) in [6.45, 7) is 2.10. The summed E-state index contributed by atoms with van der Waals surface area (Å²) in [6.07, 6.45) is 3.42. The first-order chi connectivity index (χ1) is 14.6. The highest BCUT2D eigenvalue weighted by Crippen LogP contribution is 2.52. The van der Waals surface area contributed by atoms with Gasteiger partial charge in [0, 0.05) is 17.1 Å². The van der Waals surface area contributed by atoms with Crippen LogP contribution < -0.4 is 10.2 Å². The third-order valence-electron chi connectivity index (χ3n) is 6.34. The van der Waals surface area contributed by atoms with Crippen LogP contribution in [0.25, 0.3) is 10.8 Å².